The summed E-state index contributed by atoms with van der Waals surface area (Å²) in [5.41, 5.74) is -0.0980. The molecule has 1 aliphatic heterocycles. The fraction of sp³-hybridized carbons (Fsp3) is 0.636. The minimum Gasteiger partial charge on any atom is -0.355 e. The summed E-state index contributed by atoms with van der Waals surface area (Å²) in [4.78, 5) is 12.6. The van der Waals surface area contributed by atoms with Crippen molar-refractivity contribution >= 4 is 31.9 Å². The number of hydrogen-bond donors (Lipinski definition) is 0. The number of piperidine rings is 1. The Morgan fingerprint density at radius 2 is 2.16 bits per heavy atom. The van der Waals surface area contributed by atoms with Gasteiger partial charge in [0, 0.05) is 24.9 Å². The van der Waals surface area contributed by atoms with E-state index in [1.165, 1.54) is 6.07 Å². The van der Waals surface area contributed by atoms with E-state index in [1.54, 1.807) is 0 Å². The standard InChI is InChI=1S/C11H16N2O4S2/c1-8-5-3-4-6-12(8)11-9(13(14)15)7-10(18-11)19(2,16)17/h7-8H,3-6H2,1-2H3. The van der Waals surface area contributed by atoms with Crippen LogP contribution in [0, 0.1) is 10.1 Å². The lowest BCUT2D eigenvalue weighted by Gasteiger charge is -2.33. The molecule has 1 aliphatic rings. The first-order chi connectivity index (χ1) is 8.80. The molecule has 1 unspecified atom stereocenters. The number of rotatable bonds is 3. The fourth-order valence-corrected chi connectivity index (χ4v) is 4.43. The Bertz CT molecular complexity index is 594. The van der Waals surface area contributed by atoms with E-state index in [4.69, 9.17) is 0 Å². The second kappa shape index (κ2) is 5.09. The van der Waals surface area contributed by atoms with Crippen LogP contribution in [-0.4, -0.2) is 32.2 Å². The highest BCUT2D eigenvalue weighted by atomic mass is 32.2. The first kappa shape index (κ1) is 14.3. The van der Waals surface area contributed by atoms with Gasteiger partial charge in [-0.2, -0.15) is 0 Å². The number of nitro groups is 1. The lowest BCUT2D eigenvalue weighted by molar-refractivity contribution is -0.383. The van der Waals surface area contributed by atoms with Crippen LogP contribution in [0.2, 0.25) is 0 Å². The molecular weight excluding hydrogens is 288 g/mol. The molecule has 1 fully saturated rings. The van der Waals surface area contributed by atoms with E-state index in [1.807, 2.05) is 11.8 Å². The van der Waals surface area contributed by atoms with E-state index in [-0.39, 0.29) is 15.9 Å². The summed E-state index contributed by atoms with van der Waals surface area (Å²) in [5.74, 6) is 0. The Kier molecular flexibility index (Phi) is 3.82. The maximum Gasteiger partial charge on any atom is 0.305 e. The van der Waals surface area contributed by atoms with Crippen molar-refractivity contribution in [1.82, 2.24) is 0 Å². The summed E-state index contributed by atoms with van der Waals surface area (Å²) < 4.78 is 23.2. The van der Waals surface area contributed by atoms with Crippen LogP contribution in [0.3, 0.4) is 0 Å². The first-order valence-electron chi connectivity index (χ1n) is 6.05. The van der Waals surface area contributed by atoms with Gasteiger partial charge in [0.2, 0.25) is 0 Å². The third-order valence-corrected chi connectivity index (χ3v) is 6.26. The van der Waals surface area contributed by atoms with E-state index in [0.29, 0.717) is 5.00 Å². The van der Waals surface area contributed by atoms with Crippen LogP contribution in [0.1, 0.15) is 26.2 Å². The molecule has 1 aromatic rings. The van der Waals surface area contributed by atoms with Gasteiger partial charge in [0.25, 0.3) is 0 Å². The van der Waals surface area contributed by atoms with E-state index in [2.05, 4.69) is 0 Å². The molecule has 1 aromatic heterocycles. The molecule has 0 saturated carbocycles. The van der Waals surface area contributed by atoms with Gasteiger partial charge >= 0.3 is 5.69 Å². The molecule has 106 valence electrons. The summed E-state index contributed by atoms with van der Waals surface area (Å²) in [6, 6.07) is 1.38. The van der Waals surface area contributed by atoms with Gasteiger partial charge in [0.05, 0.1) is 4.92 Å². The number of sulfone groups is 1. The lowest BCUT2D eigenvalue weighted by Crippen LogP contribution is -2.37. The molecule has 2 rings (SSSR count). The second-order valence-corrected chi connectivity index (χ2v) is 8.10. The summed E-state index contributed by atoms with van der Waals surface area (Å²) in [6.07, 6.45) is 4.14. The highest BCUT2D eigenvalue weighted by molar-refractivity contribution is 7.92. The van der Waals surface area contributed by atoms with Crippen LogP contribution >= 0.6 is 11.3 Å². The Balaban J connectivity index is 2.49. The van der Waals surface area contributed by atoms with Crippen molar-refractivity contribution in [3.05, 3.63) is 16.2 Å². The Hall–Kier alpha value is -1.15. The van der Waals surface area contributed by atoms with Crippen LogP contribution in [0.4, 0.5) is 10.7 Å². The molecule has 0 radical (unpaired) electrons. The molecule has 0 amide bonds. The summed E-state index contributed by atoms with van der Waals surface area (Å²) in [6.45, 7) is 2.76. The Labute approximate surface area is 116 Å². The first-order valence-corrected chi connectivity index (χ1v) is 8.76. The topological polar surface area (TPSA) is 80.5 Å². The zero-order chi connectivity index (χ0) is 14.2. The molecule has 2 heterocycles. The van der Waals surface area contributed by atoms with E-state index in [0.717, 1.165) is 43.4 Å². The van der Waals surface area contributed by atoms with Crippen LogP contribution in [0.25, 0.3) is 0 Å². The predicted molar refractivity (Wildman–Crippen MR) is 74.7 cm³/mol. The molecule has 19 heavy (non-hydrogen) atoms. The molecule has 0 aliphatic carbocycles. The van der Waals surface area contributed by atoms with Crippen LogP contribution in [0.15, 0.2) is 10.3 Å². The summed E-state index contributed by atoms with van der Waals surface area (Å²) in [7, 11) is -3.41. The van der Waals surface area contributed by atoms with E-state index in [9.17, 15) is 18.5 Å². The fourth-order valence-electron chi connectivity index (χ4n) is 2.27. The van der Waals surface area contributed by atoms with Crippen molar-refractivity contribution in [3.63, 3.8) is 0 Å². The summed E-state index contributed by atoms with van der Waals surface area (Å²) >= 11 is 1.00. The predicted octanol–water partition coefficient (Wildman–Crippen LogP) is 2.44. The Morgan fingerprint density at radius 3 is 2.68 bits per heavy atom. The van der Waals surface area contributed by atoms with Gasteiger partial charge in [-0.15, -0.1) is 0 Å². The smallest absolute Gasteiger partial charge is 0.305 e. The third kappa shape index (κ3) is 2.89. The average Bonchev–Trinajstić information content (AvgIpc) is 2.74. The summed E-state index contributed by atoms with van der Waals surface area (Å²) in [5, 5.41) is 11.6. The van der Waals surface area contributed by atoms with Crippen molar-refractivity contribution in [2.24, 2.45) is 0 Å². The third-order valence-electron chi connectivity index (χ3n) is 3.30. The molecule has 0 N–H and O–H groups in total. The molecule has 0 bridgehead atoms. The van der Waals surface area contributed by atoms with Crippen molar-refractivity contribution in [2.45, 2.75) is 36.4 Å². The van der Waals surface area contributed by atoms with E-state index < -0.39 is 14.8 Å². The van der Waals surface area contributed by atoms with Crippen molar-refractivity contribution in [2.75, 3.05) is 17.7 Å². The molecule has 8 heteroatoms. The van der Waals surface area contributed by atoms with Gasteiger partial charge in [-0.05, 0) is 26.2 Å². The van der Waals surface area contributed by atoms with Gasteiger partial charge < -0.3 is 4.90 Å². The number of hydrogen-bond acceptors (Lipinski definition) is 6. The molecule has 6 nitrogen and oxygen atoms in total. The normalized spacial score (nSPS) is 20.5. The zero-order valence-corrected chi connectivity index (χ0v) is 12.5. The van der Waals surface area contributed by atoms with Crippen molar-refractivity contribution in [1.29, 1.82) is 0 Å². The maximum atomic E-state index is 11.6. The van der Waals surface area contributed by atoms with Gasteiger partial charge in [-0.3, -0.25) is 10.1 Å². The molecule has 1 atom stereocenters. The zero-order valence-electron chi connectivity index (χ0n) is 10.8. The van der Waals surface area contributed by atoms with Crippen LogP contribution in [0.5, 0.6) is 0 Å². The maximum absolute atomic E-state index is 11.6. The second-order valence-electron chi connectivity index (χ2n) is 4.82. The average molecular weight is 304 g/mol. The number of anilines is 1. The van der Waals surface area contributed by atoms with Gasteiger partial charge in [-0.25, -0.2) is 8.42 Å². The monoisotopic (exact) mass is 304 g/mol. The van der Waals surface area contributed by atoms with Gasteiger partial charge in [-0.1, -0.05) is 11.3 Å². The van der Waals surface area contributed by atoms with Crippen molar-refractivity contribution < 1.29 is 13.3 Å². The highest BCUT2D eigenvalue weighted by Gasteiger charge is 2.30. The molecule has 0 aromatic carbocycles. The molecular formula is C11H16N2O4S2. The quantitative estimate of drug-likeness (QED) is 0.633. The minimum atomic E-state index is -3.41. The Morgan fingerprint density at radius 1 is 1.47 bits per heavy atom. The van der Waals surface area contributed by atoms with Crippen molar-refractivity contribution in [3.8, 4) is 0 Å². The lowest BCUT2D eigenvalue weighted by atomic mass is 10.0. The largest absolute Gasteiger partial charge is 0.355 e. The minimum absolute atomic E-state index is 0.0620. The number of thiophene rings is 1. The van der Waals surface area contributed by atoms with Crippen LogP contribution < -0.4 is 4.90 Å². The van der Waals surface area contributed by atoms with Gasteiger partial charge in [0.15, 0.2) is 14.8 Å². The van der Waals surface area contributed by atoms with Crippen LogP contribution in [-0.2, 0) is 9.84 Å². The van der Waals surface area contributed by atoms with E-state index >= 15 is 0 Å². The number of nitrogens with zero attached hydrogens (tertiary/aromatic N) is 2. The SMILES string of the molecule is CC1CCCCN1c1sc(S(C)(=O)=O)cc1[N+](=O)[O-]. The highest BCUT2D eigenvalue weighted by Crippen LogP contribution is 2.42. The van der Waals surface area contributed by atoms with Gasteiger partial charge in [0.1, 0.15) is 4.21 Å². The molecule has 1 saturated heterocycles. The molecule has 0 spiro atoms.